The van der Waals surface area contributed by atoms with E-state index in [2.05, 4.69) is 0 Å². The first-order valence-electron chi connectivity index (χ1n) is 5.21. The van der Waals surface area contributed by atoms with Gasteiger partial charge in [0.15, 0.2) is 6.04 Å². The van der Waals surface area contributed by atoms with Gasteiger partial charge in [-0.2, -0.15) is 0 Å². The van der Waals surface area contributed by atoms with E-state index in [-0.39, 0.29) is 11.3 Å². The summed E-state index contributed by atoms with van der Waals surface area (Å²) >= 11 is 0. The summed E-state index contributed by atoms with van der Waals surface area (Å²) in [7, 11) is 0. The fourth-order valence-corrected chi connectivity index (χ4v) is 1.41. The number of nitrogens with zero attached hydrogens (tertiary/aromatic N) is 1. The van der Waals surface area contributed by atoms with Crippen LogP contribution >= 0.6 is 0 Å². The fraction of sp³-hybridized carbons (Fsp3) is 0.273. The number of hydrogen-bond acceptors (Lipinski definition) is 4. The lowest BCUT2D eigenvalue weighted by molar-refractivity contribution is -0.384. The highest BCUT2D eigenvalue weighted by Crippen LogP contribution is 2.16. The van der Waals surface area contributed by atoms with Crippen LogP contribution in [0.2, 0.25) is 0 Å². The number of nitrogens with one attached hydrogen (secondary N) is 1. The van der Waals surface area contributed by atoms with E-state index in [4.69, 9.17) is 5.11 Å². The molecule has 1 unspecified atom stereocenters. The van der Waals surface area contributed by atoms with Crippen LogP contribution in [0, 0.1) is 17.0 Å². The molecule has 7 nitrogen and oxygen atoms in total. The zero-order valence-electron chi connectivity index (χ0n) is 9.92. The quantitative estimate of drug-likeness (QED) is 0.614. The van der Waals surface area contributed by atoms with Gasteiger partial charge in [-0.25, -0.2) is 9.18 Å². The van der Waals surface area contributed by atoms with Crippen molar-refractivity contribution >= 4 is 17.6 Å². The molecule has 102 valence electrons. The number of carboxylic acid groups (broad SMARTS) is 1. The average Bonchev–Trinajstić information content (AvgIpc) is 2.34. The predicted molar refractivity (Wildman–Crippen MR) is 62.7 cm³/mol. The Bertz CT molecular complexity index is 532. The number of nitro benzene ring substituents is 1. The molecule has 19 heavy (non-hydrogen) atoms. The number of carbonyl (C=O) groups excluding carboxylic acids is 1. The van der Waals surface area contributed by atoms with Crippen LogP contribution in [0.15, 0.2) is 18.2 Å². The summed E-state index contributed by atoms with van der Waals surface area (Å²) in [6.07, 6.45) is 0. The molecule has 0 fully saturated rings. The Balaban J connectivity index is 2.99. The summed E-state index contributed by atoms with van der Waals surface area (Å²) in [5.41, 5.74) is 0.0788. The van der Waals surface area contributed by atoms with Crippen LogP contribution in [0.4, 0.5) is 10.1 Å². The van der Waals surface area contributed by atoms with Gasteiger partial charge < -0.3 is 10.4 Å². The van der Waals surface area contributed by atoms with E-state index in [1.807, 2.05) is 5.32 Å². The van der Waals surface area contributed by atoms with Crippen LogP contribution in [0.1, 0.15) is 15.9 Å². The number of nitro groups is 1. The SMILES string of the molecule is Cc1cc(C(=O)NC(CF)C(=O)O)cc([N+](=O)[O-])c1. The van der Waals surface area contributed by atoms with Gasteiger partial charge in [-0.15, -0.1) is 0 Å². The zero-order chi connectivity index (χ0) is 14.6. The Morgan fingerprint density at radius 3 is 2.58 bits per heavy atom. The molecule has 0 heterocycles. The van der Waals surface area contributed by atoms with E-state index in [9.17, 15) is 24.1 Å². The summed E-state index contributed by atoms with van der Waals surface area (Å²) in [5, 5.41) is 21.2. The van der Waals surface area contributed by atoms with E-state index in [0.29, 0.717) is 5.56 Å². The molecule has 0 aliphatic rings. The minimum absolute atomic E-state index is 0.0913. The largest absolute Gasteiger partial charge is 0.480 e. The molecule has 1 aromatic carbocycles. The van der Waals surface area contributed by atoms with Crippen LogP contribution in [0.25, 0.3) is 0 Å². The third-order valence-electron chi connectivity index (χ3n) is 2.29. The molecule has 0 spiro atoms. The second-order valence-corrected chi connectivity index (χ2v) is 3.83. The Morgan fingerprint density at radius 1 is 1.47 bits per heavy atom. The fourth-order valence-electron chi connectivity index (χ4n) is 1.41. The van der Waals surface area contributed by atoms with E-state index in [0.717, 1.165) is 6.07 Å². The number of benzene rings is 1. The van der Waals surface area contributed by atoms with Gasteiger partial charge in [0.2, 0.25) is 0 Å². The normalized spacial score (nSPS) is 11.7. The van der Waals surface area contributed by atoms with Gasteiger partial charge in [0.1, 0.15) is 6.67 Å². The minimum atomic E-state index is -1.67. The Morgan fingerprint density at radius 2 is 2.11 bits per heavy atom. The smallest absolute Gasteiger partial charge is 0.328 e. The lowest BCUT2D eigenvalue weighted by Gasteiger charge is -2.10. The van der Waals surface area contributed by atoms with Crippen molar-refractivity contribution in [2.75, 3.05) is 6.67 Å². The topological polar surface area (TPSA) is 110 Å². The second-order valence-electron chi connectivity index (χ2n) is 3.83. The number of aliphatic carboxylic acids is 1. The molecule has 0 bridgehead atoms. The number of carbonyl (C=O) groups is 2. The van der Waals surface area contributed by atoms with Crippen molar-refractivity contribution in [2.24, 2.45) is 0 Å². The summed E-state index contributed by atoms with van der Waals surface area (Å²) < 4.78 is 12.4. The van der Waals surface area contributed by atoms with Gasteiger partial charge >= 0.3 is 5.97 Å². The second kappa shape index (κ2) is 5.89. The van der Waals surface area contributed by atoms with Crippen molar-refractivity contribution in [1.29, 1.82) is 0 Å². The molecule has 0 aliphatic carbocycles. The van der Waals surface area contributed by atoms with Crippen molar-refractivity contribution < 1.29 is 24.0 Å². The van der Waals surface area contributed by atoms with E-state index in [1.165, 1.54) is 12.1 Å². The van der Waals surface area contributed by atoms with Gasteiger partial charge in [-0.3, -0.25) is 14.9 Å². The van der Waals surface area contributed by atoms with Crippen LogP contribution < -0.4 is 5.32 Å². The maximum Gasteiger partial charge on any atom is 0.328 e. The molecular weight excluding hydrogens is 259 g/mol. The van der Waals surface area contributed by atoms with E-state index in [1.54, 1.807) is 6.92 Å². The first-order valence-corrected chi connectivity index (χ1v) is 5.21. The number of halogens is 1. The number of hydrogen-bond donors (Lipinski definition) is 2. The lowest BCUT2D eigenvalue weighted by Crippen LogP contribution is -2.42. The molecule has 2 N–H and O–H groups in total. The standard InChI is InChI=1S/C11H11FN2O5/c1-6-2-7(4-8(3-6)14(18)19)10(15)13-9(5-12)11(16)17/h2-4,9H,5H2,1H3,(H,13,15)(H,16,17). The monoisotopic (exact) mass is 270 g/mol. The highest BCUT2D eigenvalue weighted by atomic mass is 19.1. The number of alkyl halides is 1. The third-order valence-corrected chi connectivity index (χ3v) is 2.29. The zero-order valence-corrected chi connectivity index (χ0v) is 9.92. The van der Waals surface area contributed by atoms with E-state index >= 15 is 0 Å². The molecular formula is C11H11FN2O5. The number of aryl methyl sites for hydroxylation is 1. The molecule has 8 heteroatoms. The first kappa shape index (κ1) is 14.6. The summed E-state index contributed by atoms with van der Waals surface area (Å²) in [5.74, 6) is -2.39. The number of amides is 1. The Hall–Kier alpha value is -2.51. The van der Waals surface area contributed by atoms with Crippen molar-refractivity contribution in [3.8, 4) is 0 Å². The predicted octanol–water partition coefficient (Wildman–Crippen LogP) is 1.06. The Kier molecular flexibility index (Phi) is 4.51. The van der Waals surface area contributed by atoms with Gasteiger partial charge in [0.25, 0.3) is 11.6 Å². The highest BCUT2D eigenvalue weighted by Gasteiger charge is 2.21. The van der Waals surface area contributed by atoms with Crippen LogP contribution in [-0.2, 0) is 4.79 Å². The summed E-state index contributed by atoms with van der Waals surface area (Å²) in [4.78, 5) is 32.2. The van der Waals surface area contributed by atoms with Crippen molar-refractivity contribution in [3.63, 3.8) is 0 Å². The van der Waals surface area contributed by atoms with Crippen molar-refractivity contribution in [3.05, 3.63) is 39.4 Å². The molecule has 0 radical (unpaired) electrons. The molecule has 1 atom stereocenters. The maximum absolute atomic E-state index is 12.4. The van der Waals surface area contributed by atoms with Crippen LogP contribution in [-0.4, -0.2) is 34.6 Å². The van der Waals surface area contributed by atoms with Crippen molar-refractivity contribution in [1.82, 2.24) is 5.32 Å². The minimum Gasteiger partial charge on any atom is -0.480 e. The molecule has 0 aromatic heterocycles. The molecule has 0 saturated carbocycles. The van der Waals surface area contributed by atoms with Crippen LogP contribution in [0.5, 0.6) is 0 Å². The van der Waals surface area contributed by atoms with Gasteiger partial charge in [0.05, 0.1) is 4.92 Å². The van der Waals surface area contributed by atoms with Gasteiger partial charge in [-0.05, 0) is 18.6 Å². The molecule has 1 amide bonds. The molecule has 0 aliphatic heterocycles. The number of non-ortho nitro benzene ring substituents is 1. The maximum atomic E-state index is 12.4. The summed E-state index contributed by atoms with van der Waals surface area (Å²) in [6.45, 7) is 0.280. The molecule has 1 aromatic rings. The third kappa shape index (κ3) is 3.73. The highest BCUT2D eigenvalue weighted by molar-refractivity contribution is 5.97. The van der Waals surface area contributed by atoms with Gasteiger partial charge in [-0.1, -0.05) is 0 Å². The average molecular weight is 270 g/mol. The van der Waals surface area contributed by atoms with Crippen molar-refractivity contribution in [2.45, 2.75) is 13.0 Å². The molecule has 1 rings (SSSR count). The first-order chi connectivity index (χ1) is 8.85. The van der Waals surface area contributed by atoms with Crippen LogP contribution in [0.3, 0.4) is 0 Å². The Labute approximate surface area is 107 Å². The summed E-state index contributed by atoms with van der Waals surface area (Å²) in [6, 6.07) is 1.94. The number of rotatable bonds is 5. The lowest BCUT2D eigenvalue weighted by atomic mass is 10.1. The molecule has 0 saturated heterocycles. The number of carboxylic acids is 1. The van der Waals surface area contributed by atoms with E-state index < -0.39 is 29.5 Å². The van der Waals surface area contributed by atoms with Gasteiger partial charge in [0, 0.05) is 17.7 Å².